The van der Waals surface area contributed by atoms with Gasteiger partial charge in [0.25, 0.3) is 5.91 Å². The Morgan fingerprint density at radius 1 is 1.09 bits per heavy atom. The molecule has 2 aliphatic rings. The highest BCUT2D eigenvalue weighted by Crippen LogP contribution is 2.44. The largest absolute Gasteiger partial charge is 0.480 e. The summed E-state index contributed by atoms with van der Waals surface area (Å²) in [4.78, 5) is 38.6. The number of benzene rings is 2. The van der Waals surface area contributed by atoms with Crippen LogP contribution in [0.15, 0.2) is 54.7 Å². The molecule has 3 aromatic rings. The summed E-state index contributed by atoms with van der Waals surface area (Å²) < 4.78 is 6.90. The summed E-state index contributed by atoms with van der Waals surface area (Å²) in [6, 6.07) is 15.2. The topological polar surface area (TPSA) is 114 Å². The van der Waals surface area contributed by atoms with Gasteiger partial charge in [-0.05, 0) is 35.1 Å². The van der Waals surface area contributed by atoms with Gasteiger partial charge in [0.1, 0.15) is 18.3 Å². The summed E-state index contributed by atoms with van der Waals surface area (Å²) in [5, 5.41) is 16.1. The van der Waals surface area contributed by atoms with Crippen molar-refractivity contribution in [3.63, 3.8) is 0 Å². The van der Waals surface area contributed by atoms with Gasteiger partial charge in [-0.15, -0.1) is 0 Å². The Kier molecular flexibility index (Phi) is 5.53. The second-order valence-electron chi connectivity index (χ2n) is 8.48. The van der Waals surface area contributed by atoms with E-state index < -0.39 is 24.0 Å². The van der Waals surface area contributed by atoms with Crippen LogP contribution in [0, 0.1) is 0 Å². The van der Waals surface area contributed by atoms with Crippen molar-refractivity contribution < 1.29 is 24.2 Å². The highest BCUT2D eigenvalue weighted by Gasteiger charge is 2.37. The van der Waals surface area contributed by atoms with E-state index in [4.69, 9.17) is 4.74 Å². The van der Waals surface area contributed by atoms with Gasteiger partial charge in [0.2, 0.25) is 0 Å². The van der Waals surface area contributed by atoms with E-state index in [1.165, 1.54) is 15.8 Å². The molecule has 0 radical (unpaired) electrons. The highest BCUT2D eigenvalue weighted by atomic mass is 16.5. The molecule has 1 aromatic heterocycles. The third-order valence-corrected chi connectivity index (χ3v) is 6.52. The molecule has 1 saturated heterocycles. The van der Waals surface area contributed by atoms with Gasteiger partial charge in [0.15, 0.2) is 0 Å². The lowest BCUT2D eigenvalue weighted by atomic mass is 9.98. The molecule has 5 rings (SSSR count). The first-order valence-corrected chi connectivity index (χ1v) is 11.1. The number of amides is 2. The second-order valence-corrected chi connectivity index (χ2v) is 8.48. The minimum atomic E-state index is -1.04. The second kappa shape index (κ2) is 8.66. The smallest absolute Gasteiger partial charge is 0.411 e. The number of hydrogen-bond donors (Lipinski definition) is 2. The van der Waals surface area contributed by atoms with Crippen LogP contribution in [-0.2, 0) is 16.6 Å². The Balaban J connectivity index is 1.30. The van der Waals surface area contributed by atoms with Gasteiger partial charge < -0.3 is 14.7 Å². The molecule has 174 valence electrons. The molecular weight excluding hydrogens is 436 g/mol. The number of anilines is 1. The van der Waals surface area contributed by atoms with Crippen molar-refractivity contribution in [3.8, 4) is 11.1 Å². The first-order chi connectivity index (χ1) is 16.5. The SMILES string of the molecule is Cn1ncc(NC(=O)OCC2c3ccccc3-c3ccccc32)c1C(=O)N1CCCC1C(=O)O. The average molecular weight is 460 g/mol. The predicted octanol–water partition coefficient (Wildman–Crippen LogP) is 3.47. The van der Waals surface area contributed by atoms with E-state index in [0.29, 0.717) is 19.4 Å². The maximum atomic E-state index is 13.1. The lowest BCUT2D eigenvalue weighted by molar-refractivity contribution is -0.141. The number of likely N-dealkylation sites (tertiary alicyclic amines) is 1. The summed E-state index contributed by atoms with van der Waals surface area (Å²) >= 11 is 0. The maximum absolute atomic E-state index is 13.1. The third-order valence-electron chi connectivity index (χ3n) is 6.52. The average Bonchev–Trinajstić information content (AvgIpc) is 3.54. The van der Waals surface area contributed by atoms with Gasteiger partial charge in [-0.1, -0.05) is 48.5 Å². The Hall–Kier alpha value is -4.14. The van der Waals surface area contributed by atoms with E-state index in [9.17, 15) is 19.5 Å². The van der Waals surface area contributed by atoms with Crippen LogP contribution in [0.4, 0.5) is 10.5 Å². The standard InChI is InChI=1S/C25H24N4O5/c1-28-22(23(30)29-12-6-11-21(29)24(31)32)20(13-26-28)27-25(33)34-14-19-17-9-4-2-7-15(17)16-8-3-5-10-18(16)19/h2-5,7-10,13,19,21H,6,11-12,14H2,1H3,(H,27,33)(H,31,32). The van der Waals surface area contributed by atoms with Gasteiger partial charge in [0.05, 0.1) is 11.9 Å². The number of ether oxygens (including phenoxy) is 1. The Bertz CT molecular complexity index is 1240. The predicted molar refractivity (Wildman–Crippen MR) is 124 cm³/mol. The number of nitrogens with one attached hydrogen (secondary N) is 1. The van der Waals surface area contributed by atoms with E-state index in [0.717, 1.165) is 22.3 Å². The summed E-state index contributed by atoms with van der Waals surface area (Å²) in [6.45, 7) is 0.474. The number of aryl methyl sites for hydroxylation is 1. The molecule has 1 aliphatic carbocycles. The maximum Gasteiger partial charge on any atom is 0.411 e. The number of aliphatic carboxylic acids is 1. The van der Waals surface area contributed by atoms with E-state index in [2.05, 4.69) is 22.5 Å². The van der Waals surface area contributed by atoms with Crippen LogP contribution in [0.2, 0.25) is 0 Å². The van der Waals surface area contributed by atoms with Gasteiger partial charge in [0, 0.05) is 19.5 Å². The number of hydrogen-bond acceptors (Lipinski definition) is 5. The fourth-order valence-corrected chi connectivity index (χ4v) is 4.93. The van der Waals surface area contributed by atoms with E-state index in [1.54, 1.807) is 7.05 Å². The summed E-state index contributed by atoms with van der Waals surface area (Å²) in [6.07, 6.45) is 1.66. The molecule has 9 heteroatoms. The van der Waals surface area contributed by atoms with E-state index in [-0.39, 0.29) is 23.9 Å². The van der Waals surface area contributed by atoms with E-state index in [1.807, 2.05) is 36.4 Å². The molecule has 1 fully saturated rings. The van der Waals surface area contributed by atoms with Crippen molar-refractivity contribution in [2.45, 2.75) is 24.8 Å². The molecule has 2 amide bonds. The van der Waals surface area contributed by atoms with Crippen molar-refractivity contribution in [1.82, 2.24) is 14.7 Å². The summed E-state index contributed by atoms with van der Waals surface area (Å²) in [5.74, 6) is -1.62. The first-order valence-electron chi connectivity index (χ1n) is 11.1. The van der Waals surface area contributed by atoms with Gasteiger partial charge in [-0.25, -0.2) is 9.59 Å². The quantitative estimate of drug-likeness (QED) is 0.603. The van der Waals surface area contributed by atoms with Crippen LogP contribution in [-0.4, -0.2) is 57.0 Å². The van der Waals surface area contributed by atoms with Crippen molar-refractivity contribution in [2.24, 2.45) is 7.05 Å². The van der Waals surface area contributed by atoms with Crippen LogP contribution in [0.5, 0.6) is 0 Å². The molecule has 9 nitrogen and oxygen atoms in total. The normalized spacial score (nSPS) is 16.7. The van der Waals surface area contributed by atoms with Crippen molar-refractivity contribution in [2.75, 3.05) is 18.5 Å². The monoisotopic (exact) mass is 460 g/mol. The highest BCUT2D eigenvalue weighted by molar-refractivity contribution is 6.02. The minimum Gasteiger partial charge on any atom is -0.480 e. The first kappa shape index (κ1) is 21.7. The molecule has 1 atom stereocenters. The minimum absolute atomic E-state index is 0.0888. The van der Waals surface area contributed by atoms with Crippen LogP contribution in [0.3, 0.4) is 0 Å². The van der Waals surface area contributed by atoms with Gasteiger partial charge in [-0.2, -0.15) is 5.10 Å². The molecule has 2 heterocycles. The number of carbonyl (C=O) groups is 3. The lowest BCUT2D eigenvalue weighted by Gasteiger charge is -2.22. The number of aromatic nitrogens is 2. The molecular formula is C25H24N4O5. The molecule has 0 spiro atoms. The number of rotatable bonds is 5. The number of nitrogens with zero attached hydrogens (tertiary/aromatic N) is 3. The molecule has 0 saturated carbocycles. The van der Waals surface area contributed by atoms with Gasteiger partial charge >= 0.3 is 12.1 Å². The van der Waals surface area contributed by atoms with Crippen LogP contribution in [0.25, 0.3) is 11.1 Å². The zero-order chi connectivity index (χ0) is 23.8. The fourth-order valence-electron chi connectivity index (χ4n) is 4.93. The number of fused-ring (bicyclic) bond motifs is 3. The molecule has 1 aliphatic heterocycles. The van der Waals surface area contributed by atoms with Crippen LogP contribution >= 0.6 is 0 Å². The van der Waals surface area contributed by atoms with E-state index >= 15 is 0 Å². The summed E-state index contributed by atoms with van der Waals surface area (Å²) in [7, 11) is 1.57. The zero-order valence-corrected chi connectivity index (χ0v) is 18.6. The van der Waals surface area contributed by atoms with Crippen LogP contribution < -0.4 is 5.32 Å². The van der Waals surface area contributed by atoms with Crippen LogP contribution in [0.1, 0.15) is 40.4 Å². The molecule has 0 bridgehead atoms. The Labute approximate surface area is 195 Å². The number of carbonyl (C=O) groups excluding carboxylic acids is 2. The molecule has 34 heavy (non-hydrogen) atoms. The molecule has 1 unspecified atom stereocenters. The molecule has 2 aromatic carbocycles. The number of carboxylic acids is 1. The van der Waals surface area contributed by atoms with Crippen molar-refractivity contribution in [3.05, 3.63) is 71.5 Å². The van der Waals surface area contributed by atoms with Crippen molar-refractivity contribution in [1.29, 1.82) is 0 Å². The third kappa shape index (κ3) is 3.68. The molecule has 2 N–H and O–H groups in total. The van der Waals surface area contributed by atoms with Gasteiger partial charge in [-0.3, -0.25) is 14.8 Å². The number of carboxylic acid groups (broad SMARTS) is 1. The Morgan fingerprint density at radius 2 is 1.74 bits per heavy atom. The Morgan fingerprint density at radius 3 is 2.38 bits per heavy atom. The lowest BCUT2D eigenvalue weighted by Crippen LogP contribution is -2.41. The zero-order valence-electron chi connectivity index (χ0n) is 18.6. The summed E-state index contributed by atoms with van der Waals surface area (Å²) in [5.41, 5.74) is 4.75. The fraction of sp³-hybridized carbons (Fsp3) is 0.280. The van der Waals surface area contributed by atoms with Crippen molar-refractivity contribution >= 4 is 23.7 Å².